The average Bonchev–Trinajstić information content (AvgIpc) is 3.55. The zero-order valence-corrected chi connectivity index (χ0v) is 20.4. The highest BCUT2D eigenvalue weighted by Crippen LogP contribution is 2.34. The fraction of sp³-hybridized carbons (Fsp3) is 0.0714. The lowest BCUT2D eigenvalue weighted by Gasteiger charge is -2.07. The first-order chi connectivity index (χ1) is 17.9. The molecule has 3 aromatic carbocycles. The number of nitrogens with one attached hydrogen (secondary N) is 2. The number of hydrogen-bond acceptors (Lipinski definition) is 7. The van der Waals surface area contributed by atoms with Crippen molar-refractivity contribution < 1.29 is 24.2 Å². The molecule has 1 atom stereocenters. The maximum absolute atomic E-state index is 13.1. The second-order valence-electron chi connectivity index (χ2n) is 8.24. The van der Waals surface area contributed by atoms with Gasteiger partial charge in [-0.1, -0.05) is 18.2 Å². The third-order valence-electron chi connectivity index (χ3n) is 5.88. The number of methoxy groups -OCH3 is 1. The first-order valence-electron chi connectivity index (χ1n) is 11.3. The van der Waals surface area contributed by atoms with Crippen molar-refractivity contribution in [3.63, 3.8) is 0 Å². The summed E-state index contributed by atoms with van der Waals surface area (Å²) < 4.78 is 5.03. The molecule has 1 aromatic heterocycles. The van der Waals surface area contributed by atoms with Crippen LogP contribution in [0.15, 0.2) is 83.2 Å². The Morgan fingerprint density at radius 3 is 2.54 bits per heavy atom. The van der Waals surface area contributed by atoms with Gasteiger partial charge in [-0.05, 0) is 59.5 Å². The minimum atomic E-state index is -0.630. The topological polar surface area (TPSA) is 117 Å². The van der Waals surface area contributed by atoms with E-state index in [1.165, 1.54) is 30.7 Å². The Balaban J connectivity index is 1.30. The molecule has 0 saturated heterocycles. The summed E-state index contributed by atoms with van der Waals surface area (Å²) in [6, 6.07) is 20.0. The van der Waals surface area contributed by atoms with Crippen LogP contribution in [-0.2, 0) is 4.79 Å². The number of fused-ring (bicyclic) bond motifs is 1. The fourth-order valence-electron chi connectivity index (χ4n) is 3.97. The highest BCUT2D eigenvalue weighted by molar-refractivity contribution is 7.12. The number of thiophene rings is 1. The lowest BCUT2D eigenvalue weighted by Crippen LogP contribution is -2.12. The molecule has 1 unspecified atom stereocenters. The Kier molecular flexibility index (Phi) is 6.53. The lowest BCUT2D eigenvalue weighted by molar-refractivity contribution is -0.115. The first kappa shape index (κ1) is 24.0. The normalized spacial score (nSPS) is 14.3. The summed E-state index contributed by atoms with van der Waals surface area (Å²) in [5, 5.41) is 17.4. The first-order valence-corrected chi connectivity index (χ1v) is 12.2. The van der Waals surface area contributed by atoms with Gasteiger partial charge in [0.05, 0.1) is 17.7 Å². The smallest absolute Gasteiger partial charge is 0.265 e. The van der Waals surface area contributed by atoms with E-state index in [0.29, 0.717) is 44.4 Å². The quantitative estimate of drug-likeness (QED) is 0.227. The molecule has 4 aromatic rings. The minimum Gasteiger partial charge on any atom is -0.504 e. The Morgan fingerprint density at radius 1 is 1.05 bits per heavy atom. The van der Waals surface area contributed by atoms with Crippen LogP contribution in [0.4, 0.5) is 17.1 Å². The summed E-state index contributed by atoms with van der Waals surface area (Å²) >= 11 is 1.35. The number of hydrogen-bond donors (Lipinski definition) is 3. The van der Waals surface area contributed by atoms with Gasteiger partial charge in [0, 0.05) is 34.8 Å². The summed E-state index contributed by atoms with van der Waals surface area (Å²) in [6.45, 7) is 0. The van der Waals surface area contributed by atoms with Gasteiger partial charge >= 0.3 is 0 Å². The summed E-state index contributed by atoms with van der Waals surface area (Å²) in [6.07, 6.45) is 1.51. The van der Waals surface area contributed by atoms with Crippen LogP contribution in [0.3, 0.4) is 0 Å². The minimum absolute atomic E-state index is 0.0468. The molecule has 2 amide bonds. The van der Waals surface area contributed by atoms with Crippen LogP contribution < -0.4 is 15.4 Å². The molecule has 1 aliphatic rings. The summed E-state index contributed by atoms with van der Waals surface area (Å²) in [7, 11) is 1.46. The highest BCUT2D eigenvalue weighted by Gasteiger charge is 2.30. The van der Waals surface area contributed by atoms with Gasteiger partial charge in [0.15, 0.2) is 17.3 Å². The number of anilines is 2. The maximum atomic E-state index is 13.1. The van der Waals surface area contributed by atoms with E-state index in [2.05, 4.69) is 15.6 Å². The van der Waals surface area contributed by atoms with Crippen molar-refractivity contribution in [2.75, 3.05) is 17.7 Å². The number of amides is 2. The van der Waals surface area contributed by atoms with E-state index in [9.17, 15) is 19.5 Å². The van der Waals surface area contributed by atoms with Crippen molar-refractivity contribution in [1.29, 1.82) is 0 Å². The van der Waals surface area contributed by atoms with Crippen molar-refractivity contribution in [2.24, 2.45) is 4.99 Å². The van der Waals surface area contributed by atoms with E-state index in [1.54, 1.807) is 60.7 Å². The zero-order chi connectivity index (χ0) is 25.9. The van der Waals surface area contributed by atoms with Gasteiger partial charge in [0.1, 0.15) is 5.92 Å². The molecule has 2 heterocycles. The summed E-state index contributed by atoms with van der Waals surface area (Å²) in [5.41, 5.74) is 3.19. The number of carbonyl (C=O) groups excluding carboxylic acids is 3. The van der Waals surface area contributed by atoms with E-state index >= 15 is 0 Å². The Morgan fingerprint density at radius 2 is 1.84 bits per heavy atom. The van der Waals surface area contributed by atoms with Gasteiger partial charge in [0.25, 0.3) is 5.91 Å². The second-order valence-corrected chi connectivity index (χ2v) is 9.19. The van der Waals surface area contributed by atoms with Crippen molar-refractivity contribution >= 4 is 52.2 Å². The molecule has 0 bridgehead atoms. The molecule has 0 radical (unpaired) electrons. The number of aromatic hydroxyl groups is 1. The van der Waals surface area contributed by atoms with E-state index in [0.717, 1.165) is 0 Å². The van der Waals surface area contributed by atoms with E-state index in [1.807, 2.05) is 11.4 Å². The van der Waals surface area contributed by atoms with Crippen LogP contribution >= 0.6 is 11.3 Å². The Hall–Kier alpha value is -4.76. The van der Waals surface area contributed by atoms with Crippen LogP contribution in [0, 0.1) is 0 Å². The predicted molar refractivity (Wildman–Crippen MR) is 143 cm³/mol. The SMILES string of the molecule is COc1ccc(N=CC2C(=O)Nc3cc(C(=O)c4ccc(NC(=O)c5cccs5)cc4)ccc32)cc1O. The van der Waals surface area contributed by atoms with E-state index in [4.69, 9.17) is 4.74 Å². The number of nitrogens with zero attached hydrogens (tertiary/aromatic N) is 1. The molecule has 3 N–H and O–H groups in total. The van der Waals surface area contributed by atoms with Crippen molar-refractivity contribution in [3.05, 3.63) is 99.7 Å². The summed E-state index contributed by atoms with van der Waals surface area (Å²) in [5.74, 6) is -1.02. The molecule has 9 heteroatoms. The Labute approximate surface area is 216 Å². The number of ketones is 1. The monoisotopic (exact) mass is 511 g/mol. The van der Waals surface area contributed by atoms with Crippen LogP contribution in [0.5, 0.6) is 11.5 Å². The summed E-state index contributed by atoms with van der Waals surface area (Å²) in [4.78, 5) is 42.8. The van der Waals surface area contributed by atoms with Crippen LogP contribution in [0.1, 0.15) is 37.1 Å². The van der Waals surface area contributed by atoms with Gasteiger partial charge in [-0.2, -0.15) is 0 Å². The number of aliphatic imine (C=N–C) groups is 1. The third kappa shape index (κ3) is 4.98. The second kappa shape index (κ2) is 10.1. The number of phenols is 1. The van der Waals surface area contributed by atoms with Crippen LogP contribution in [0.25, 0.3) is 0 Å². The third-order valence-corrected chi connectivity index (χ3v) is 6.74. The standard InChI is InChI=1S/C28H21N3O5S/c1-36-24-11-9-19(14-23(24)32)29-15-21-20-10-6-17(13-22(20)31-27(21)34)26(33)16-4-7-18(8-5-16)30-28(35)25-3-2-12-37-25/h2-15,21,32H,1H3,(H,30,35)(H,31,34). The molecule has 8 nitrogen and oxygen atoms in total. The van der Waals surface area contributed by atoms with Crippen LogP contribution in [0.2, 0.25) is 0 Å². The number of phenolic OH excluding ortho intramolecular Hbond substituents is 1. The largest absolute Gasteiger partial charge is 0.504 e. The average molecular weight is 512 g/mol. The predicted octanol–water partition coefficient (Wildman–Crippen LogP) is 5.38. The van der Waals surface area contributed by atoms with Crippen molar-refractivity contribution in [3.8, 4) is 11.5 Å². The molecule has 0 spiro atoms. The molecule has 0 fully saturated rings. The van der Waals surface area contributed by atoms with Crippen molar-refractivity contribution in [2.45, 2.75) is 5.92 Å². The molecule has 5 rings (SSSR count). The number of ether oxygens (including phenoxy) is 1. The van der Waals surface area contributed by atoms with Crippen LogP contribution in [-0.4, -0.2) is 36.0 Å². The fourth-order valence-corrected chi connectivity index (χ4v) is 4.59. The molecule has 1 aliphatic heterocycles. The maximum Gasteiger partial charge on any atom is 0.265 e. The number of benzene rings is 3. The molecule has 37 heavy (non-hydrogen) atoms. The molecular formula is C28H21N3O5S. The number of rotatable bonds is 7. The highest BCUT2D eigenvalue weighted by atomic mass is 32.1. The van der Waals surface area contributed by atoms with Gasteiger partial charge < -0.3 is 20.5 Å². The van der Waals surface area contributed by atoms with E-state index in [-0.39, 0.29) is 23.3 Å². The molecule has 0 aliphatic carbocycles. The Bertz CT molecular complexity index is 1530. The zero-order valence-electron chi connectivity index (χ0n) is 19.6. The van der Waals surface area contributed by atoms with E-state index < -0.39 is 5.92 Å². The van der Waals surface area contributed by atoms with Gasteiger partial charge in [-0.3, -0.25) is 19.4 Å². The van der Waals surface area contributed by atoms with Gasteiger partial charge in [-0.25, -0.2) is 0 Å². The lowest BCUT2D eigenvalue weighted by atomic mass is 9.97. The van der Waals surface area contributed by atoms with Crippen molar-refractivity contribution in [1.82, 2.24) is 0 Å². The molecular weight excluding hydrogens is 490 g/mol. The van der Waals surface area contributed by atoms with Gasteiger partial charge in [-0.15, -0.1) is 11.3 Å². The molecule has 0 saturated carbocycles. The van der Waals surface area contributed by atoms with Gasteiger partial charge in [0.2, 0.25) is 5.91 Å². The number of carbonyl (C=O) groups is 3. The molecule has 184 valence electrons.